The summed E-state index contributed by atoms with van der Waals surface area (Å²) in [5.41, 5.74) is 1.27. The molecule has 0 fully saturated rings. The second-order valence-electron chi connectivity index (χ2n) is 3.47. The Kier molecular flexibility index (Phi) is 3.90. The first kappa shape index (κ1) is 10.7. The zero-order valence-corrected chi connectivity index (χ0v) is 9.19. The minimum Gasteiger partial charge on any atom is -0.386 e. The lowest BCUT2D eigenvalue weighted by Gasteiger charge is -2.12. The van der Waals surface area contributed by atoms with E-state index in [0.29, 0.717) is 12.5 Å². The highest BCUT2D eigenvalue weighted by atomic mass is 32.1. The molecule has 1 heterocycles. The molecule has 13 heavy (non-hydrogen) atoms. The molecule has 0 aliphatic carbocycles. The minimum atomic E-state index is -0.359. The lowest BCUT2D eigenvalue weighted by atomic mass is 10.0. The second kappa shape index (κ2) is 4.74. The van der Waals surface area contributed by atoms with Gasteiger partial charge in [-0.3, -0.25) is 0 Å². The lowest BCUT2D eigenvalue weighted by molar-refractivity contribution is 0.180. The van der Waals surface area contributed by atoms with Gasteiger partial charge in [0.1, 0.15) is 6.10 Å². The van der Waals surface area contributed by atoms with Crippen LogP contribution in [0.1, 0.15) is 36.3 Å². The van der Waals surface area contributed by atoms with E-state index in [9.17, 15) is 5.11 Å². The van der Waals surface area contributed by atoms with Gasteiger partial charge in [-0.1, -0.05) is 13.8 Å². The van der Waals surface area contributed by atoms with Crippen molar-refractivity contribution in [3.63, 3.8) is 0 Å². The monoisotopic (exact) mass is 199 g/mol. The summed E-state index contributed by atoms with van der Waals surface area (Å²) in [7, 11) is 1.85. The molecule has 0 aromatic carbocycles. The van der Waals surface area contributed by atoms with Crippen molar-refractivity contribution in [2.75, 3.05) is 13.6 Å². The highest BCUT2D eigenvalue weighted by molar-refractivity contribution is 7.10. The molecule has 2 N–H and O–H groups in total. The first-order valence-corrected chi connectivity index (χ1v) is 5.44. The van der Waals surface area contributed by atoms with Gasteiger partial charge in [-0.15, -0.1) is 11.3 Å². The first-order valence-electron chi connectivity index (χ1n) is 4.56. The van der Waals surface area contributed by atoms with Crippen molar-refractivity contribution in [1.29, 1.82) is 0 Å². The number of rotatable bonds is 4. The fourth-order valence-electron chi connectivity index (χ4n) is 1.36. The average Bonchev–Trinajstić information content (AvgIpc) is 2.52. The molecule has 0 saturated carbocycles. The van der Waals surface area contributed by atoms with Crippen molar-refractivity contribution < 1.29 is 5.11 Å². The van der Waals surface area contributed by atoms with E-state index in [1.54, 1.807) is 11.3 Å². The molecule has 1 aromatic rings. The van der Waals surface area contributed by atoms with Crippen LogP contribution < -0.4 is 5.32 Å². The lowest BCUT2D eigenvalue weighted by Crippen LogP contribution is -2.16. The van der Waals surface area contributed by atoms with Gasteiger partial charge in [-0.25, -0.2) is 0 Å². The maximum Gasteiger partial charge on any atom is 0.101 e. The van der Waals surface area contributed by atoms with E-state index < -0.39 is 0 Å². The summed E-state index contributed by atoms with van der Waals surface area (Å²) in [6, 6.07) is 2.10. The van der Waals surface area contributed by atoms with Crippen molar-refractivity contribution in [2.45, 2.75) is 25.9 Å². The van der Waals surface area contributed by atoms with Crippen molar-refractivity contribution >= 4 is 11.3 Å². The van der Waals surface area contributed by atoms with Gasteiger partial charge in [-0.05, 0) is 30.0 Å². The van der Waals surface area contributed by atoms with Crippen molar-refractivity contribution in [3.8, 4) is 0 Å². The molecule has 1 unspecified atom stereocenters. The molecule has 1 rings (SSSR count). The maximum atomic E-state index is 9.79. The van der Waals surface area contributed by atoms with Crippen LogP contribution in [0.3, 0.4) is 0 Å². The summed E-state index contributed by atoms with van der Waals surface area (Å²) in [5.74, 6) is 0.493. The molecule has 0 amide bonds. The van der Waals surface area contributed by atoms with Gasteiger partial charge < -0.3 is 10.4 Å². The number of nitrogens with one attached hydrogen (secondary N) is 1. The molecule has 2 nitrogen and oxygen atoms in total. The van der Waals surface area contributed by atoms with E-state index in [1.165, 1.54) is 5.56 Å². The SMILES string of the molecule is CNCC(O)c1sccc1C(C)C. The van der Waals surface area contributed by atoms with Crippen LogP contribution in [-0.4, -0.2) is 18.7 Å². The Labute approximate surface area is 83.6 Å². The third-order valence-corrected chi connectivity index (χ3v) is 3.08. The molecule has 0 spiro atoms. The zero-order valence-electron chi connectivity index (χ0n) is 8.37. The van der Waals surface area contributed by atoms with E-state index in [1.807, 2.05) is 12.4 Å². The third kappa shape index (κ3) is 2.53. The number of aliphatic hydroxyl groups excluding tert-OH is 1. The number of likely N-dealkylation sites (N-methyl/N-ethyl adjacent to an activating group) is 1. The average molecular weight is 199 g/mol. The van der Waals surface area contributed by atoms with Crippen LogP contribution in [0.2, 0.25) is 0 Å². The van der Waals surface area contributed by atoms with E-state index in [0.717, 1.165) is 4.88 Å². The van der Waals surface area contributed by atoms with E-state index in [4.69, 9.17) is 0 Å². The molecule has 3 heteroatoms. The molecular formula is C10H17NOS. The predicted molar refractivity (Wildman–Crippen MR) is 57.3 cm³/mol. The number of hydrogen-bond donors (Lipinski definition) is 2. The Bertz CT molecular complexity index is 257. The van der Waals surface area contributed by atoms with Crippen LogP contribution in [0.25, 0.3) is 0 Å². The second-order valence-corrected chi connectivity index (χ2v) is 4.42. The Balaban J connectivity index is 2.80. The normalized spacial score (nSPS) is 13.6. The van der Waals surface area contributed by atoms with Crippen molar-refractivity contribution in [1.82, 2.24) is 5.32 Å². The largest absolute Gasteiger partial charge is 0.386 e. The van der Waals surface area contributed by atoms with Crippen molar-refractivity contribution in [2.24, 2.45) is 0 Å². The third-order valence-electron chi connectivity index (χ3n) is 2.05. The molecule has 0 radical (unpaired) electrons. The van der Waals surface area contributed by atoms with E-state index in [2.05, 4.69) is 25.2 Å². The summed E-state index contributed by atoms with van der Waals surface area (Å²) in [5, 5.41) is 14.8. The molecule has 1 atom stereocenters. The fourth-order valence-corrected chi connectivity index (χ4v) is 2.41. The Morgan fingerprint density at radius 3 is 2.77 bits per heavy atom. The Hall–Kier alpha value is -0.380. The predicted octanol–water partition coefficient (Wildman–Crippen LogP) is 2.12. The van der Waals surface area contributed by atoms with Crippen LogP contribution in [0.5, 0.6) is 0 Å². The maximum absolute atomic E-state index is 9.79. The quantitative estimate of drug-likeness (QED) is 0.778. The summed E-state index contributed by atoms with van der Waals surface area (Å²) >= 11 is 1.64. The molecule has 0 aliphatic rings. The Morgan fingerprint density at radius 1 is 1.54 bits per heavy atom. The number of hydrogen-bond acceptors (Lipinski definition) is 3. The van der Waals surface area contributed by atoms with Gasteiger partial charge in [0.25, 0.3) is 0 Å². The minimum absolute atomic E-state index is 0.359. The van der Waals surface area contributed by atoms with E-state index >= 15 is 0 Å². The number of thiophene rings is 1. The molecule has 1 aromatic heterocycles. The van der Waals surface area contributed by atoms with Gasteiger partial charge in [0.05, 0.1) is 0 Å². The molecule has 0 aliphatic heterocycles. The molecule has 0 bridgehead atoms. The van der Waals surface area contributed by atoms with Crippen LogP contribution in [0, 0.1) is 0 Å². The fraction of sp³-hybridized carbons (Fsp3) is 0.600. The van der Waals surface area contributed by atoms with Crippen LogP contribution >= 0.6 is 11.3 Å². The highest BCUT2D eigenvalue weighted by Crippen LogP contribution is 2.29. The van der Waals surface area contributed by atoms with Gasteiger partial charge >= 0.3 is 0 Å². The summed E-state index contributed by atoms with van der Waals surface area (Å²) in [4.78, 5) is 1.10. The summed E-state index contributed by atoms with van der Waals surface area (Å²) in [6.07, 6.45) is -0.359. The van der Waals surface area contributed by atoms with Crippen LogP contribution in [-0.2, 0) is 0 Å². The highest BCUT2D eigenvalue weighted by Gasteiger charge is 2.14. The molecule has 74 valence electrons. The van der Waals surface area contributed by atoms with Gasteiger partial charge in [0.15, 0.2) is 0 Å². The van der Waals surface area contributed by atoms with Gasteiger partial charge in [0, 0.05) is 11.4 Å². The van der Waals surface area contributed by atoms with Gasteiger partial charge in [-0.2, -0.15) is 0 Å². The zero-order chi connectivity index (χ0) is 9.84. The number of aliphatic hydroxyl groups is 1. The van der Waals surface area contributed by atoms with Gasteiger partial charge in [0.2, 0.25) is 0 Å². The topological polar surface area (TPSA) is 32.3 Å². The molecule has 0 saturated heterocycles. The summed E-state index contributed by atoms with van der Waals surface area (Å²) < 4.78 is 0. The van der Waals surface area contributed by atoms with Crippen molar-refractivity contribution in [3.05, 3.63) is 21.9 Å². The van der Waals surface area contributed by atoms with E-state index in [-0.39, 0.29) is 6.10 Å². The first-order chi connectivity index (χ1) is 6.16. The van der Waals surface area contributed by atoms with Crippen LogP contribution in [0.4, 0.5) is 0 Å². The van der Waals surface area contributed by atoms with Crippen LogP contribution in [0.15, 0.2) is 11.4 Å². The Morgan fingerprint density at radius 2 is 2.23 bits per heavy atom. The standard InChI is InChI=1S/C10H17NOS/c1-7(2)8-4-5-13-10(8)9(12)6-11-3/h4-5,7,9,11-12H,6H2,1-3H3. The smallest absolute Gasteiger partial charge is 0.101 e. The molecular weight excluding hydrogens is 182 g/mol. The summed E-state index contributed by atoms with van der Waals surface area (Å²) in [6.45, 7) is 4.93.